The Morgan fingerprint density at radius 2 is 1.80 bits per heavy atom. The predicted octanol–water partition coefficient (Wildman–Crippen LogP) is 0.951. The van der Waals surface area contributed by atoms with E-state index in [9.17, 15) is 18.0 Å². The van der Waals surface area contributed by atoms with Crippen molar-refractivity contribution < 1.29 is 27.2 Å². The summed E-state index contributed by atoms with van der Waals surface area (Å²) in [4.78, 5) is 26.0. The number of sulfonamides is 1. The van der Waals surface area contributed by atoms with Gasteiger partial charge in [0.2, 0.25) is 10.0 Å². The second-order valence-electron chi connectivity index (χ2n) is 6.85. The highest BCUT2D eigenvalue weighted by Crippen LogP contribution is 2.13. The van der Waals surface area contributed by atoms with Gasteiger partial charge in [-0.1, -0.05) is 18.2 Å². The molecule has 1 aromatic heterocycles. The second-order valence-corrected chi connectivity index (χ2v) is 8.94. The van der Waals surface area contributed by atoms with Crippen molar-refractivity contribution in [1.82, 2.24) is 14.5 Å². The van der Waals surface area contributed by atoms with Crippen molar-refractivity contribution in [2.75, 3.05) is 38.5 Å². The monoisotopic (exact) mass is 435 g/mol. The molecule has 1 saturated heterocycles. The Labute approximate surface area is 175 Å². The molecule has 0 saturated carbocycles. The van der Waals surface area contributed by atoms with Crippen molar-refractivity contribution >= 4 is 21.8 Å². The first-order valence-electron chi connectivity index (χ1n) is 9.67. The Hall–Kier alpha value is -2.85. The third-order valence-electron chi connectivity index (χ3n) is 4.74. The van der Waals surface area contributed by atoms with Crippen LogP contribution in [0.2, 0.25) is 0 Å². The molecule has 0 radical (unpaired) electrons. The van der Waals surface area contributed by atoms with Crippen LogP contribution in [0.1, 0.15) is 17.5 Å². The van der Waals surface area contributed by atoms with Gasteiger partial charge in [0.1, 0.15) is 5.75 Å². The van der Waals surface area contributed by atoms with E-state index in [1.807, 2.05) is 6.07 Å². The minimum atomic E-state index is -3.55. The maximum Gasteiger partial charge on any atom is 0.289 e. The number of furan rings is 1. The molecule has 1 aliphatic rings. The van der Waals surface area contributed by atoms with E-state index in [0.29, 0.717) is 5.75 Å². The molecule has 1 unspecified atom stereocenters. The number of para-hydroxylation sites is 1. The van der Waals surface area contributed by atoms with Gasteiger partial charge >= 0.3 is 0 Å². The molecular formula is C20H25N3O6S. The number of nitrogens with zero attached hydrogens (tertiary/aromatic N) is 2. The molecule has 3 rings (SSSR count). The van der Waals surface area contributed by atoms with Crippen molar-refractivity contribution in [3.8, 4) is 5.75 Å². The number of nitrogens with one attached hydrogen (secondary N) is 1. The van der Waals surface area contributed by atoms with Gasteiger partial charge in [-0.05, 0) is 31.2 Å². The molecule has 0 spiro atoms. The van der Waals surface area contributed by atoms with Crippen LogP contribution in [-0.2, 0) is 14.8 Å². The molecule has 162 valence electrons. The Kier molecular flexibility index (Phi) is 7.11. The van der Waals surface area contributed by atoms with E-state index in [1.54, 1.807) is 48.2 Å². The predicted molar refractivity (Wildman–Crippen MR) is 110 cm³/mol. The van der Waals surface area contributed by atoms with Crippen molar-refractivity contribution in [3.63, 3.8) is 0 Å². The van der Waals surface area contributed by atoms with Gasteiger partial charge in [0.05, 0.1) is 12.0 Å². The van der Waals surface area contributed by atoms with Crippen LogP contribution < -0.4 is 10.1 Å². The summed E-state index contributed by atoms with van der Waals surface area (Å²) in [5, 5.41) is 2.60. The second kappa shape index (κ2) is 9.77. The van der Waals surface area contributed by atoms with Crippen molar-refractivity contribution in [1.29, 1.82) is 0 Å². The van der Waals surface area contributed by atoms with Crippen LogP contribution in [0.15, 0.2) is 53.1 Å². The van der Waals surface area contributed by atoms with E-state index in [0.717, 1.165) is 0 Å². The normalized spacial score (nSPS) is 16.1. The van der Waals surface area contributed by atoms with Crippen LogP contribution in [0.25, 0.3) is 0 Å². The maximum atomic E-state index is 12.6. The first-order chi connectivity index (χ1) is 14.4. The first-order valence-corrected chi connectivity index (χ1v) is 11.3. The van der Waals surface area contributed by atoms with Gasteiger partial charge in [0.15, 0.2) is 11.9 Å². The van der Waals surface area contributed by atoms with Gasteiger partial charge in [0, 0.05) is 32.7 Å². The third kappa shape index (κ3) is 5.61. The molecule has 0 bridgehead atoms. The molecular weight excluding hydrogens is 410 g/mol. The number of carbonyl (C=O) groups is 2. The van der Waals surface area contributed by atoms with E-state index in [1.165, 1.54) is 10.6 Å². The zero-order valence-electron chi connectivity index (χ0n) is 16.7. The lowest BCUT2D eigenvalue weighted by Crippen LogP contribution is -2.51. The summed E-state index contributed by atoms with van der Waals surface area (Å²) in [6.45, 7) is 2.56. The van der Waals surface area contributed by atoms with Crippen molar-refractivity contribution in [2.45, 2.75) is 13.0 Å². The lowest BCUT2D eigenvalue weighted by atomic mass is 10.3. The number of benzene rings is 1. The lowest BCUT2D eigenvalue weighted by molar-refractivity contribution is -0.127. The van der Waals surface area contributed by atoms with E-state index in [4.69, 9.17) is 9.15 Å². The highest BCUT2D eigenvalue weighted by atomic mass is 32.2. The SMILES string of the molecule is CC(Oc1ccccc1)C(=O)NCCS(=O)(=O)N1CCN(C(=O)c2ccco2)CC1. The third-order valence-corrected chi connectivity index (χ3v) is 6.61. The standard InChI is InChI=1S/C20H25N3O6S/c1-16(29-17-6-3-2-4-7-17)19(24)21-9-15-30(26,27)23-12-10-22(11-13-23)20(25)18-8-5-14-28-18/h2-8,14,16H,9-13,15H2,1H3,(H,21,24). The molecule has 1 aliphatic heterocycles. The van der Waals surface area contributed by atoms with Crippen LogP contribution in [0, 0.1) is 0 Å². The summed E-state index contributed by atoms with van der Waals surface area (Å²) in [5.74, 6) is -0.0571. The van der Waals surface area contributed by atoms with Crippen LogP contribution in [0.5, 0.6) is 5.75 Å². The van der Waals surface area contributed by atoms with Crippen LogP contribution in [0.4, 0.5) is 0 Å². The highest BCUT2D eigenvalue weighted by molar-refractivity contribution is 7.89. The number of amides is 2. The number of hydrogen-bond acceptors (Lipinski definition) is 6. The van der Waals surface area contributed by atoms with Crippen molar-refractivity contribution in [3.05, 3.63) is 54.5 Å². The fourth-order valence-corrected chi connectivity index (χ4v) is 4.40. The summed E-state index contributed by atoms with van der Waals surface area (Å²) in [6, 6.07) is 12.1. The van der Waals surface area contributed by atoms with Crippen LogP contribution in [-0.4, -0.2) is 74.0 Å². The summed E-state index contributed by atoms with van der Waals surface area (Å²) < 4.78 is 37.1. The molecule has 2 aromatic rings. The van der Waals surface area contributed by atoms with Gasteiger partial charge in [-0.15, -0.1) is 0 Å². The number of piperazine rings is 1. The highest BCUT2D eigenvalue weighted by Gasteiger charge is 2.30. The fourth-order valence-electron chi connectivity index (χ4n) is 3.06. The summed E-state index contributed by atoms with van der Waals surface area (Å²) in [7, 11) is -3.55. The van der Waals surface area contributed by atoms with Gasteiger partial charge in [0.25, 0.3) is 11.8 Å². The average molecular weight is 436 g/mol. The molecule has 10 heteroatoms. The van der Waals surface area contributed by atoms with E-state index < -0.39 is 16.1 Å². The molecule has 1 N–H and O–H groups in total. The topological polar surface area (TPSA) is 109 Å². The quantitative estimate of drug-likeness (QED) is 0.661. The minimum absolute atomic E-state index is 0.0187. The molecule has 0 aliphatic carbocycles. The summed E-state index contributed by atoms with van der Waals surface area (Å²) in [6.07, 6.45) is 0.680. The Bertz CT molecular complexity index is 938. The number of rotatable bonds is 8. The molecule has 2 amide bonds. The van der Waals surface area contributed by atoms with Crippen molar-refractivity contribution in [2.24, 2.45) is 0 Å². The number of carbonyl (C=O) groups excluding carboxylic acids is 2. The molecule has 2 heterocycles. The Morgan fingerprint density at radius 3 is 2.43 bits per heavy atom. The maximum absolute atomic E-state index is 12.6. The average Bonchev–Trinajstić information content (AvgIpc) is 3.29. The zero-order chi connectivity index (χ0) is 21.6. The van der Waals surface area contributed by atoms with Gasteiger partial charge in [-0.25, -0.2) is 8.42 Å². The van der Waals surface area contributed by atoms with Gasteiger partial charge < -0.3 is 19.4 Å². The van der Waals surface area contributed by atoms with Crippen LogP contribution >= 0.6 is 0 Å². The number of hydrogen-bond donors (Lipinski definition) is 1. The van der Waals surface area contributed by atoms with E-state index in [2.05, 4.69) is 5.32 Å². The molecule has 1 aromatic carbocycles. The molecule has 1 atom stereocenters. The van der Waals surface area contributed by atoms with Gasteiger partial charge in [-0.2, -0.15) is 4.31 Å². The summed E-state index contributed by atoms with van der Waals surface area (Å²) in [5.41, 5.74) is 0. The fraction of sp³-hybridized carbons (Fsp3) is 0.400. The molecule has 1 fully saturated rings. The first kappa shape index (κ1) is 21.8. The van der Waals surface area contributed by atoms with E-state index in [-0.39, 0.29) is 56.1 Å². The van der Waals surface area contributed by atoms with Crippen LogP contribution in [0.3, 0.4) is 0 Å². The zero-order valence-corrected chi connectivity index (χ0v) is 17.5. The number of ether oxygens (including phenoxy) is 1. The van der Waals surface area contributed by atoms with Gasteiger partial charge in [-0.3, -0.25) is 9.59 Å². The molecule has 30 heavy (non-hydrogen) atoms. The Balaban J connectivity index is 1.42. The molecule has 9 nitrogen and oxygen atoms in total. The minimum Gasteiger partial charge on any atom is -0.481 e. The summed E-state index contributed by atoms with van der Waals surface area (Å²) >= 11 is 0. The Morgan fingerprint density at radius 1 is 1.10 bits per heavy atom. The smallest absolute Gasteiger partial charge is 0.289 e. The largest absolute Gasteiger partial charge is 0.481 e. The lowest BCUT2D eigenvalue weighted by Gasteiger charge is -2.33. The van der Waals surface area contributed by atoms with E-state index >= 15 is 0 Å².